The van der Waals surface area contributed by atoms with E-state index in [1.807, 2.05) is 32.0 Å². The van der Waals surface area contributed by atoms with Crippen LogP contribution in [0.3, 0.4) is 0 Å². The predicted molar refractivity (Wildman–Crippen MR) is 120 cm³/mol. The van der Waals surface area contributed by atoms with E-state index in [2.05, 4.69) is 0 Å². The lowest BCUT2D eigenvalue weighted by Gasteiger charge is -2.35. The SMILES string of the molecule is Cc1cccc(OCC(=O)c2ccc3c(c2)N([C@H](C)C(=O)N2CCCC2)C(=O)CO3)c1C. The molecule has 2 aliphatic heterocycles. The van der Waals surface area contributed by atoms with Gasteiger partial charge in [0.15, 0.2) is 19.0 Å². The Hall–Kier alpha value is -3.35. The third kappa shape index (κ3) is 4.20. The van der Waals surface area contributed by atoms with Crippen molar-refractivity contribution in [3.8, 4) is 11.5 Å². The highest BCUT2D eigenvalue weighted by Gasteiger charge is 2.36. The molecule has 1 fully saturated rings. The lowest BCUT2D eigenvalue weighted by atomic mass is 10.1. The van der Waals surface area contributed by atoms with E-state index < -0.39 is 6.04 Å². The summed E-state index contributed by atoms with van der Waals surface area (Å²) in [6, 6.07) is 10.0. The second-order valence-corrected chi connectivity index (χ2v) is 8.35. The summed E-state index contributed by atoms with van der Waals surface area (Å²) in [6.45, 7) is 6.84. The second-order valence-electron chi connectivity index (χ2n) is 8.35. The molecule has 168 valence electrons. The smallest absolute Gasteiger partial charge is 0.265 e. The standard InChI is InChI=1S/C25H28N2O5/c1-16-7-6-8-22(17(16)2)31-14-21(28)19-9-10-23-20(13-19)27(24(29)15-32-23)18(3)25(30)26-11-4-5-12-26/h6-10,13,18H,4-5,11-12,14-15H2,1-3H3/t18-/m1/s1. The van der Waals surface area contributed by atoms with E-state index in [0.717, 1.165) is 24.0 Å². The van der Waals surface area contributed by atoms with E-state index in [9.17, 15) is 14.4 Å². The maximum absolute atomic E-state index is 12.9. The molecule has 1 atom stereocenters. The number of hydrogen-bond donors (Lipinski definition) is 0. The number of benzene rings is 2. The van der Waals surface area contributed by atoms with Gasteiger partial charge in [0.25, 0.3) is 5.91 Å². The molecular weight excluding hydrogens is 408 g/mol. The molecule has 0 unspecified atom stereocenters. The molecule has 0 spiro atoms. The van der Waals surface area contributed by atoms with Crippen LogP contribution in [0.15, 0.2) is 36.4 Å². The van der Waals surface area contributed by atoms with Crippen molar-refractivity contribution in [3.63, 3.8) is 0 Å². The number of aryl methyl sites for hydroxylation is 1. The highest BCUT2D eigenvalue weighted by molar-refractivity contribution is 6.05. The van der Waals surface area contributed by atoms with E-state index in [-0.39, 0.29) is 30.8 Å². The Labute approximate surface area is 187 Å². The zero-order valence-corrected chi connectivity index (χ0v) is 18.7. The number of carbonyl (C=O) groups is 3. The van der Waals surface area contributed by atoms with Crippen LogP contribution in [-0.4, -0.2) is 54.8 Å². The summed E-state index contributed by atoms with van der Waals surface area (Å²) in [6.07, 6.45) is 1.95. The van der Waals surface area contributed by atoms with Gasteiger partial charge in [-0.1, -0.05) is 12.1 Å². The lowest BCUT2D eigenvalue weighted by molar-refractivity contribution is -0.133. The predicted octanol–water partition coefficient (Wildman–Crippen LogP) is 3.30. The Morgan fingerprint density at radius 3 is 2.62 bits per heavy atom. The van der Waals surface area contributed by atoms with Gasteiger partial charge in [-0.25, -0.2) is 0 Å². The molecule has 1 saturated heterocycles. The van der Waals surface area contributed by atoms with E-state index in [1.165, 1.54) is 4.90 Å². The summed E-state index contributed by atoms with van der Waals surface area (Å²) in [7, 11) is 0. The van der Waals surface area contributed by atoms with Crippen LogP contribution in [0.2, 0.25) is 0 Å². The van der Waals surface area contributed by atoms with Crippen molar-refractivity contribution in [3.05, 3.63) is 53.1 Å². The number of ketones is 1. The molecular formula is C25H28N2O5. The molecule has 2 amide bonds. The molecule has 0 saturated carbocycles. The van der Waals surface area contributed by atoms with E-state index >= 15 is 0 Å². The summed E-state index contributed by atoms with van der Waals surface area (Å²) in [5, 5.41) is 0. The van der Waals surface area contributed by atoms with Gasteiger partial charge in [-0.3, -0.25) is 19.3 Å². The normalized spacial score (nSPS) is 16.4. The monoisotopic (exact) mass is 436 g/mol. The van der Waals surface area contributed by atoms with Gasteiger partial charge in [-0.15, -0.1) is 0 Å². The summed E-state index contributed by atoms with van der Waals surface area (Å²) < 4.78 is 11.3. The summed E-state index contributed by atoms with van der Waals surface area (Å²) in [4.78, 5) is 41.7. The van der Waals surface area contributed by atoms with Crippen LogP contribution in [0.4, 0.5) is 5.69 Å². The number of Topliss-reactive ketones (excluding diaryl/α,β-unsaturated/α-hetero) is 1. The third-order valence-electron chi connectivity index (χ3n) is 6.24. The summed E-state index contributed by atoms with van der Waals surface area (Å²) in [5.74, 6) is 0.552. The molecule has 0 bridgehead atoms. The van der Waals surface area contributed by atoms with Gasteiger partial charge >= 0.3 is 0 Å². The zero-order chi connectivity index (χ0) is 22.8. The van der Waals surface area contributed by atoms with Crippen molar-refractivity contribution in [1.82, 2.24) is 4.90 Å². The first-order chi connectivity index (χ1) is 15.4. The van der Waals surface area contributed by atoms with Gasteiger partial charge < -0.3 is 14.4 Å². The quantitative estimate of drug-likeness (QED) is 0.650. The molecule has 4 rings (SSSR count). The number of fused-ring (bicyclic) bond motifs is 1. The molecule has 2 heterocycles. The first-order valence-electron chi connectivity index (χ1n) is 11.0. The molecule has 2 aromatic rings. The maximum Gasteiger partial charge on any atom is 0.265 e. The fourth-order valence-corrected chi connectivity index (χ4v) is 4.19. The molecule has 2 aromatic carbocycles. The molecule has 7 nitrogen and oxygen atoms in total. The van der Waals surface area contributed by atoms with Gasteiger partial charge in [0.05, 0.1) is 5.69 Å². The number of rotatable bonds is 6. The van der Waals surface area contributed by atoms with Crippen LogP contribution in [0, 0.1) is 13.8 Å². The first kappa shape index (κ1) is 21.9. The Balaban J connectivity index is 1.55. The number of hydrogen-bond acceptors (Lipinski definition) is 5. The van der Waals surface area contributed by atoms with Gasteiger partial charge in [-0.2, -0.15) is 0 Å². The van der Waals surface area contributed by atoms with Crippen molar-refractivity contribution in [2.75, 3.05) is 31.2 Å². The third-order valence-corrected chi connectivity index (χ3v) is 6.24. The topological polar surface area (TPSA) is 76.2 Å². The van der Waals surface area contributed by atoms with Crippen LogP contribution < -0.4 is 14.4 Å². The second kappa shape index (κ2) is 9.02. The van der Waals surface area contributed by atoms with Gasteiger partial charge in [0.2, 0.25) is 5.91 Å². The van der Waals surface area contributed by atoms with Crippen LogP contribution in [0.1, 0.15) is 41.3 Å². The largest absolute Gasteiger partial charge is 0.485 e. The Bertz CT molecular complexity index is 1060. The Morgan fingerprint density at radius 1 is 1.12 bits per heavy atom. The van der Waals surface area contributed by atoms with Crippen molar-refractivity contribution >= 4 is 23.3 Å². The van der Waals surface area contributed by atoms with Gasteiger partial charge in [0, 0.05) is 18.7 Å². The number of ether oxygens (including phenoxy) is 2. The first-order valence-corrected chi connectivity index (χ1v) is 11.0. The van der Waals surface area contributed by atoms with Crippen LogP contribution in [-0.2, 0) is 9.59 Å². The molecule has 0 aromatic heterocycles. The maximum atomic E-state index is 12.9. The number of likely N-dealkylation sites (tertiary alicyclic amines) is 1. The number of carbonyl (C=O) groups excluding carboxylic acids is 3. The summed E-state index contributed by atoms with van der Waals surface area (Å²) >= 11 is 0. The van der Waals surface area contributed by atoms with E-state index in [0.29, 0.717) is 35.8 Å². The van der Waals surface area contributed by atoms with Crippen molar-refractivity contribution in [2.45, 2.75) is 39.7 Å². The Morgan fingerprint density at radius 2 is 1.88 bits per heavy atom. The van der Waals surface area contributed by atoms with Crippen LogP contribution in [0.25, 0.3) is 0 Å². The Kier molecular flexibility index (Phi) is 6.17. The molecule has 7 heteroatoms. The molecule has 0 aliphatic carbocycles. The minimum Gasteiger partial charge on any atom is -0.485 e. The van der Waals surface area contributed by atoms with E-state index in [4.69, 9.17) is 9.47 Å². The number of anilines is 1. The van der Waals surface area contributed by atoms with Crippen molar-refractivity contribution in [1.29, 1.82) is 0 Å². The van der Waals surface area contributed by atoms with Gasteiger partial charge in [0.1, 0.15) is 17.5 Å². The average molecular weight is 437 g/mol. The highest BCUT2D eigenvalue weighted by Crippen LogP contribution is 2.35. The minimum atomic E-state index is -0.667. The molecule has 32 heavy (non-hydrogen) atoms. The van der Waals surface area contributed by atoms with Crippen LogP contribution >= 0.6 is 0 Å². The number of amides is 2. The van der Waals surface area contributed by atoms with Crippen LogP contribution in [0.5, 0.6) is 11.5 Å². The molecule has 0 N–H and O–H groups in total. The molecule has 2 aliphatic rings. The average Bonchev–Trinajstić information content (AvgIpc) is 3.33. The van der Waals surface area contributed by atoms with Crippen molar-refractivity contribution < 1.29 is 23.9 Å². The number of nitrogens with zero attached hydrogens (tertiary/aromatic N) is 2. The minimum absolute atomic E-state index is 0.0846. The zero-order valence-electron chi connectivity index (χ0n) is 18.7. The van der Waals surface area contributed by atoms with E-state index in [1.54, 1.807) is 30.0 Å². The van der Waals surface area contributed by atoms with Gasteiger partial charge in [-0.05, 0) is 69.0 Å². The molecule has 0 radical (unpaired) electrons. The van der Waals surface area contributed by atoms with Crippen molar-refractivity contribution in [2.24, 2.45) is 0 Å². The fourth-order valence-electron chi connectivity index (χ4n) is 4.19. The highest BCUT2D eigenvalue weighted by atomic mass is 16.5. The lowest BCUT2D eigenvalue weighted by Crippen LogP contribution is -2.52. The summed E-state index contributed by atoms with van der Waals surface area (Å²) in [5.41, 5.74) is 2.92. The fraction of sp³-hybridized carbons (Fsp3) is 0.400.